The Balaban J connectivity index is 1.78. The summed E-state index contributed by atoms with van der Waals surface area (Å²) in [6.07, 6.45) is -2.19. The minimum absolute atomic E-state index is 0.344. The van der Waals surface area contributed by atoms with E-state index < -0.39 is 12.7 Å². The zero-order valence-electron chi connectivity index (χ0n) is 8.98. The third-order valence-corrected chi connectivity index (χ3v) is 3.53. The first-order chi connectivity index (χ1) is 6.89. The Bertz CT molecular complexity index is 223. The molecule has 2 saturated heterocycles. The van der Waals surface area contributed by atoms with Crippen molar-refractivity contribution in [3.05, 3.63) is 0 Å². The van der Waals surface area contributed by atoms with Crippen molar-refractivity contribution in [2.45, 2.75) is 19.0 Å². The smallest absolute Gasteiger partial charge is 0.305 e. The molecule has 2 rings (SSSR count). The van der Waals surface area contributed by atoms with E-state index in [1.54, 1.807) is 0 Å². The van der Waals surface area contributed by atoms with Gasteiger partial charge in [-0.25, -0.2) is 0 Å². The van der Waals surface area contributed by atoms with Gasteiger partial charge < -0.3 is 4.90 Å². The maximum absolute atomic E-state index is 12.1. The molecule has 0 saturated carbocycles. The molecule has 0 aliphatic carbocycles. The molecule has 0 aromatic heterocycles. The van der Waals surface area contributed by atoms with E-state index in [-0.39, 0.29) is 0 Å². The van der Waals surface area contributed by atoms with Gasteiger partial charge in [0, 0.05) is 13.1 Å². The summed E-state index contributed by atoms with van der Waals surface area (Å²) in [7, 11) is 2.06. The molecule has 0 N–H and O–H groups in total. The van der Waals surface area contributed by atoms with Crippen LogP contribution < -0.4 is 0 Å². The maximum Gasteiger partial charge on any atom is 0.401 e. The molecule has 0 aromatic carbocycles. The zero-order chi connectivity index (χ0) is 11.1. The Morgan fingerprint density at radius 3 is 2.07 bits per heavy atom. The van der Waals surface area contributed by atoms with E-state index in [2.05, 4.69) is 11.9 Å². The first kappa shape index (κ1) is 11.2. The first-order valence-corrected chi connectivity index (χ1v) is 5.36. The number of halogens is 3. The molecule has 0 bridgehead atoms. The fraction of sp³-hybridized carbons (Fsp3) is 1.00. The summed E-state index contributed by atoms with van der Waals surface area (Å²) in [5.41, 5.74) is 0.344. The predicted octanol–water partition coefficient (Wildman–Crippen LogP) is 1.58. The van der Waals surface area contributed by atoms with Gasteiger partial charge in [0.15, 0.2) is 0 Å². The number of nitrogens with zero attached hydrogens (tertiary/aromatic N) is 2. The molecule has 1 spiro atoms. The van der Waals surface area contributed by atoms with Gasteiger partial charge >= 0.3 is 6.18 Å². The van der Waals surface area contributed by atoms with Crippen LogP contribution in [0.15, 0.2) is 0 Å². The van der Waals surface area contributed by atoms with Crippen LogP contribution in [-0.4, -0.2) is 55.7 Å². The fourth-order valence-electron chi connectivity index (χ4n) is 2.85. The van der Waals surface area contributed by atoms with Gasteiger partial charge in [-0.2, -0.15) is 13.2 Å². The number of likely N-dealkylation sites (tertiary alicyclic amines) is 2. The van der Waals surface area contributed by atoms with E-state index in [1.165, 1.54) is 4.90 Å². The third kappa shape index (κ3) is 2.64. The molecule has 2 aliphatic rings. The Hall–Kier alpha value is -0.290. The van der Waals surface area contributed by atoms with Gasteiger partial charge in [0.25, 0.3) is 0 Å². The van der Waals surface area contributed by atoms with Gasteiger partial charge in [-0.05, 0) is 38.4 Å². The SMILES string of the molecule is CN1CC2(CCN(CC(F)(F)F)CC2)C1. The fourth-order valence-corrected chi connectivity index (χ4v) is 2.85. The van der Waals surface area contributed by atoms with Gasteiger partial charge in [0.05, 0.1) is 6.54 Å². The molecule has 2 aliphatic heterocycles. The Morgan fingerprint density at radius 2 is 1.67 bits per heavy atom. The van der Waals surface area contributed by atoms with Gasteiger partial charge in [-0.1, -0.05) is 0 Å². The van der Waals surface area contributed by atoms with Gasteiger partial charge in [-0.3, -0.25) is 4.90 Å². The Morgan fingerprint density at radius 1 is 1.13 bits per heavy atom. The largest absolute Gasteiger partial charge is 0.401 e. The predicted molar refractivity (Wildman–Crippen MR) is 51.7 cm³/mol. The standard InChI is InChI=1S/C10H17F3N2/c1-14-6-9(7-14)2-4-15(5-3-9)8-10(11,12)13/h2-8H2,1H3. The summed E-state index contributed by atoms with van der Waals surface area (Å²) in [5.74, 6) is 0. The summed E-state index contributed by atoms with van der Waals surface area (Å²) in [6.45, 7) is 2.60. The van der Waals surface area contributed by atoms with E-state index >= 15 is 0 Å². The van der Waals surface area contributed by atoms with Crippen molar-refractivity contribution >= 4 is 0 Å². The molecule has 88 valence electrons. The lowest BCUT2D eigenvalue weighted by atomic mass is 9.72. The minimum atomic E-state index is -4.04. The average molecular weight is 222 g/mol. The summed E-state index contributed by atoms with van der Waals surface area (Å²) < 4.78 is 36.4. The van der Waals surface area contributed by atoms with Crippen LogP contribution >= 0.6 is 0 Å². The molecule has 2 fully saturated rings. The summed E-state index contributed by atoms with van der Waals surface area (Å²) in [4.78, 5) is 3.77. The summed E-state index contributed by atoms with van der Waals surface area (Å²) in [5, 5.41) is 0. The highest BCUT2D eigenvalue weighted by Gasteiger charge is 2.44. The molecular weight excluding hydrogens is 205 g/mol. The van der Waals surface area contributed by atoms with Crippen LogP contribution in [0.5, 0.6) is 0 Å². The molecule has 0 unspecified atom stereocenters. The summed E-state index contributed by atoms with van der Waals surface area (Å²) >= 11 is 0. The second kappa shape index (κ2) is 3.63. The van der Waals surface area contributed by atoms with Crippen LogP contribution in [0.25, 0.3) is 0 Å². The van der Waals surface area contributed by atoms with E-state index in [1.807, 2.05) is 0 Å². The number of rotatable bonds is 1. The second-order valence-corrected chi connectivity index (χ2v) is 5.06. The van der Waals surface area contributed by atoms with Gasteiger partial charge in [-0.15, -0.1) is 0 Å². The van der Waals surface area contributed by atoms with Crippen molar-refractivity contribution in [3.63, 3.8) is 0 Å². The molecule has 15 heavy (non-hydrogen) atoms. The molecule has 2 nitrogen and oxygen atoms in total. The van der Waals surface area contributed by atoms with E-state index in [0.717, 1.165) is 25.9 Å². The Kier molecular flexibility index (Phi) is 2.71. The highest BCUT2D eigenvalue weighted by Crippen LogP contribution is 2.39. The molecular formula is C10H17F3N2. The number of alkyl halides is 3. The van der Waals surface area contributed by atoms with Crippen molar-refractivity contribution in [2.24, 2.45) is 5.41 Å². The van der Waals surface area contributed by atoms with Crippen LogP contribution in [0.2, 0.25) is 0 Å². The number of hydrogen-bond donors (Lipinski definition) is 0. The highest BCUT2D eigenvalue weighted by molar-refractivity contribution is 4.97. The lowest BCUT2D eigenvalue weighted by Crippen LogP contribution is -2.59. The monoisotopic (exact) mass is 222 g/mol. The zero-order valence-corrected chi connectivity index (χ0v) is 8.98. The van der Waals surface area contributed by atoms with Crippen LogP contribution in [0.4, 0.5) is 13.2 Å². The van der Waals surface area contributed by atoms with Crippen LogP contribution in [0, 0.1) is 5.41 Å². The topological polar surface area (TPSA) is 6.48 Å². The van der Waals surface area contributed by atoms with Crippen LogP contribution in [0.3, 0.4) is 0 Å². The molecule has 0 radical (unpaired) electrons. The van der Waals surface area contributed by atoms with Crippen molar-refractivity contribution < 1.29 is 13.2 Å². The lowest BCUT2D eigenvalue weighted by Gasteiger charge is -2.53. The quantitative estimate of drug-likeness (QED) is 0.664. The van der Waals surface area contributed by atoms with Crippen LogP contribution in [-0.2, 0) is 0 Å². The van der Waals surface area contributed by atoms with Crippen molar-refractivity contribution in [1.29, 1.82) is 0 Å². The van der Waals surface area contributed by atoms with Crippen LogP contribution in [0.1, 0.15) is 12.8 Å². The molecule has 0 atom stereocenters. The lowest BCUT2D eigenvalue weighted by molar-refractivity contribution is -0.154. The molecule has 0 aromatic rings. The highest BCUT2D eigenvalue weighted by atomic mass is 19.4. The van der Waals surface area contributed by atoms with Crippen molar-refractivity contribution in [1.82, 2.24) is 9.80 Å². The number of piperidine rings is 1. The average Bonchev–Trinajstić information content (AvgIpc) is 2.04. The second-order valence-electron chi connectivity index (χ2n) is 5.06. The maximum atomic E-state index is 12.1. The van der Waals surface area contributed by atoms with Gasteiger partial charge in [0.2, 0.25) is 0 Å². The molecule has 2 heterocycles. The molecule has 5 heteroatoms. The molecule has 0 amide bonds. The van der Waals surface area contributed by atoms with Crippen molar-refractivity contribution in [3.8, 4) is 0 Å². The normalized spacial score (nSPS) is 28.0. The first-order valence-electron chi connectivity index (χ1n) is 5.36. The van der Waals surface area contributed by atoms with Gasteiger partial charge in [0.1, 0.15) is 0 Å². The number of hydrogen-bond acceptors (Lipinski definition) is 2. The van der Waals surface area contributed by atoms with E-state index in [9.17, 15) is 13.2 Å². The van der Waals surface area contributed by atoms with Crippen molar-refractivity contribution in [2.75, 3.05) is 39.8 Å². The summed E-state index contributed by atoms with van der Waals surface area (Å²) in [6, 6.07) is 0. The van der Waals surface area contributed by atoms with E-state index in [0.29, 0.717) is 18.5 Å². The third-order valence-electron chi connectivity index (χ3n) is 3.53. The minimum Gasteiger partial charge on any atom is -0.305 e. The Labute approximate surface area is 88.0 Å². The van der Waals surface area contributed by atoms with E-state index in [4.69, 9.17) is 0 Å².